The van der Waals surface area contributed by atoms with Crippen molar-refractivity contribution < 1.29 is 14.4 Å². The number of carbonyl (C=O) groups is 3. The molecule has 0 bridgehead atoms. The molecule has 0 aliphatic rings. The number of aryl methyl sites for hydroxylation is 1. The number of anilines is 2. The Bertz CT molecular complexity index is 1540. The van der Waals surface area contributed by atoms with Crippen LogP contribution in [0.5, 0.6) is 0 Å². The van der Waals surface area contributed by atoms with Gasteiger partial charge in [-0.05, 0) is 91.2 Å². The molecule has 4 aromatic rings. The van der Waals surface area contributed by atoms with E-state index in [2.05, 4.69) is 16.0 Å². The summed E-state index contributed by atoms with van der Waals surface area (Å²) in [6.45, 7) is 3.99. The first-order chi connectivity index (χ1) is 19.3. The molecule has 0 aromatic heterocycles. The minimum atomic E-state index is -0.479. The average Bonchev–Trinajstić information content (AvgIpc) is 2.96. The Balaban J connectivity index is 1.40. The highest BCUT2D eigenvalue weighted by Gasteiger charge is 2.15. The SMILES string of the molecule is Cc1cccc(NC(=O)CSc2ccc(NC(=O)/C(=C/c3ccc(Cl)cc3)NC(=O)c3ccccc3)cc2)c1C. The van der Waals surface area contributed by atoms with E-state index < -0.39 is 11.8 Å². The molecule has 8 heteroatoms. The molecule has 4 rings (SSSR count). The highest BCUT2D eigenvalue weighted by atomic mass is 35.5. The van der Waals surface area contributed by atoms with E-state index in [1.807, 2.05) is 50.2 Å². The molecule has 0 aliphatic carbocycles. The lowest BCUT2D eigenvalue weighted by atomic mass is 10.1. The summed E-state index contributed by atoms with van der Waals surface area (Å²) in [5.41, 5.74) is 4.74. The van der Waals surface area contributed by atoms with Gasteiger partial charge in [-0.3, -0.25) is 14.4 Å². The molecule has 0 fully saturated rings. The molecule has 6 nitrogen and oxygen atoms in total. The number of halogens is 1. The van der Waals surface area contributed by atoms with E-state index in [0.717, 1.165) is 21.7 Å². The van der Waals surface area contributed by atoms with Gasteiger partial charge in [0.15, 0.2) is 0 Å². The van der Waals surface area contributed by atoms with Crippen LogP contribution in [0, 0.1) is 13.8 Å². The van der Waals surface area contributed by atoms with Gasteiger partial charge in [0.1, 0.15) is 5.70 Å². The lowest BCUT2D eigenvalue weighted by molar-refractivity contribution is -0.114. The fourth-order valence-corrected chi connectivity index (χ4v) is 4.55. The summed E-state index contributed by atoms with van der Waals surface area (Å²) in [5, 5.41) is 9.07. The largest absolute Gasteiger partial charge is 0.325 e. The van der Waals surface area contributed by atoms with Gasteiger partial charge in [-0.25, -0.2) is 0 Å². The van der Waals surface area contributed by atoms with Crippen molar-refractivity contribution >= 4 is 58.5 Å². The summed E-state index contributed by atoms with van der Waals surface area (Å²) in [7, 11) is 0. The monoisotopic (exact) mass is 569 g/mol. The van der Waals surface area contributed by atoms with Gasteiger partial charge in [0.25, 0.3) is 11.8 Å². The van der Waals surface area contributed by atoms with E-state index in [1.165, 1.54) is 11.8 Å². The summed E-state index contributed by atoms with van der Waals surface area (Å²) in [6.07, 6.45) is 1.59. The van der Waals surface area contributed by atoms with Crippen molar-refractivity contribution in [1.82, 2.24) is 5.32 Å². The predicted octanol–water partition coefficient (Wildman–Crippen LogP) is 7.10. The Labute approximate surface area is 242 Å². The fourth-order valence-electron chi connectivity index (χ4n) is 3.72. The van der Waals surface area contributed by atoms with Crippen molar-refractivity contribution in [1.29, 1.82) is 0 Å². The number of hydrogen-bond acceptors (Lipinski definition) is 4. The topological polar surface area (TPSA) is 87.3 Å². The molecule has 0 saturated carbocycles. The number of rotatable bonds is 9. The molecule has 0 radical (unpaired) electrons. The molecule has 4 aromatic carbocycles. The molecule has 0 atom stereocenters. The molecule has 0 heterocycles. The van der Waals surface area contributed by atoms with Crippen molar-refractivity contribution in [3.8, 4) is 0 Å². The van der Waals surface area contributed by atoms with Crippen molar-refractivity contribution in [3.63, 3.8) is 0 Å². The normalized spacial score (nSPS) is 11.0. The molecule has 3 N–H and O–H groups in total. The first kappa shape index (κ1) is 28.7. The van der Waals surface area contributed by atoms with Crippen molar-refractivity contribution in [2.75, 3.05) is 16.4 Å². The van der Waals surface area contributed by atoms with Gasteiger partial charge in [-0.2, -0.15) is 0 Å². The standard InChI is InChI=1S/C32H28ClN3O3S/c1-21-7-6-10-28(22(21)2)35-30(37)20-40-27-17-15-26(16-18-27)34-32(39)29(19-23-11-13-25(33)14-12-23)36-31(38)24-8-4-3-5-9-24/h3-19H,20H2,1-2H3,(H,34,39)(H,35,37)(H,36,38)/b29-19-. The van der Waals surface area contributed by atoms with Gasteiger partial charge in [-0.1, -0.05) is 54.1 Å². The molecular weight excluding hydrogens is 542 g/mol. The zero-order valence-corrected chi connectivity index (χ0v) is 23.6. The summed E-state index contributed by atoms with van der Waals surface area (Å²) < 4.78 is 0. The minimum Gasteiger partial charge on any atom is -0.325 e. The van der Waals surface area contributed by atoms with Crippen molar-refractivity contribution in [2.45, 2.75) is 18.7 Å². The number of nitrogens with one attached hydrogen (secondary N) is 3. The Hall–Kier alpha value is -4.33. The summed E-state index contributed by atoms with van der Waals surface area (Å²) >= 11 is 7.39. The molecule has 0 saturated heterocycles. The zero-order valence-electron chi connectivity index (χ0n) is 22.0. The first-order valence-electron chi connectivity index (χ1n) is 12.5. The van der Waals surface area contributed by atoms with Gasteiger partial charge in [-0.15, -0.1) is 11.8 Å². The van der Waals surface area contributed by atoms with Crippen LogP contribution in [0.4, 0.5) is 11.4 Å². The third kappa shape index (κ3) is 8.09. The van der Waals surface area contributed by atoms with E-state index in [-0.39, 0.29) is 17.4 Å². The maximum Gasteiger partial charge on any atom is 0.272 e. The van der Waals surface area contributed by atoms with Crippen LogP contribution in [0.25, 0.3) is 6.08 Å². The Morgan fingerprint density at radius 3 is 2.20 bits per heavy atom. The lowest BCUT2D eigenvalue weighted by Crippen LogP contribution is -2.30. The second-order valence-corrected chi connectivity index (χ2v) is 10.5. The van der Waals surface area contributed by atoms with Crippen molar-refractivity contribution in [3.05, 3.63) is 130 Å². The molecule has 0 aliphatic heterocycles. The molecule has 3 amide bonds. The van der Waals surface area contributed by atoms with Crippen LogP contribution in [0.2, 0.25) is 5.02 Å². The highest BCUT2D eigenvalue weighted by Crippen LogP contribution is 2.23. The molecule has 40 heavy (non-hydrogen) atoms. The first-order valence-corrected chi connectivity index (χ1v) is 13.9. The van der Waals surface area contributed by atoms with Crippen LogP contribution in [0.15, 0.2) is 108 Å². The lowest BCUT2D eigenvalue weighted by Gasteiger charge is -2.12. The van der Waals surface area contributed by atoms with Gasteiger partial charge in [0.05, 0.1) is 5.75 Å². The van der Waals surface area contributed by atoms with Crippen LogP contribution in [-0.4, -0.2) is 23.5 Å². The van der Waals surface area contributed by atoms with E-state index >= 15 is 0 Å². The van der Waals surface area contributed by atoms with E-state index in [0.29, 0.717) is 21.8 Å². The van der Waals surface area contributed by atoms with E-state index in [4.69, 9.17) is 11.6 Å². The zero-order chi connectivity index (χ0) is 28.5. The van der Waals surface area contributed by atoms with Gasteiger partial charge >= 0.3 is 0 Å². The Morgan fingerprint density at radius 1 is 0.800 bits per heavy atom. The smallest absolute Gasteiger partial charge is 0.272 e. The molecule has 202 valence electrons. The summed E-state index contributed by atoms with van der Waals surface area (Å²) in [6, 6.07) is 28.6. The van der Waals surface area contributed by atoms with Crippen LogP contribution < -0.4 is 16.0 Å². The second kappa shape index (κ2) is 13.6. The molecule has 0 unspecified atom stereocenters. The number of amides is 3. The molecule has 0 spiro atoms. The van der Waals surface area contributed by atoms with Gasteiger partial charge < -0.3 is 16.0 Å². The van der Waals surface area contributed by atoms with Gasteiger partial charge in [0.2, 0.25) is 5.91 Å². The van der Waals surface area contributed by atoms with E-state index in [9.17, 15) is 14.4 Å². The predicted molar refractivity (Wildman–Crippen MR) is 164 cm³/mol. The van der Waals surface area contributed by atoms with Crippen LogP contribution in [0.1, 0.15) is 27.0 Å². The number of benzene rings is 4. The fraction of sp³-hybridized carbons (Fsp3) is 0.0938. The third-order valence-electron chi connectivity index (χ3n) is 6.07. The highest BCUT2D eigenvalue weighted by molar-refractivity contribution is 8.00. The third-order valence-corrected chi connectivity index (χ3v) is 7.33. The quantitative estimate of drug-likeness (QED) is 0.148. The number of thioether (sulfide) groups is 1. The average molecular weight is 570 g/mol. The van der Waals surface area contributed by atoms with Crippen molar-refractivity contribution in [2.24, 2.45) is 0 Å². The second-order valence-electron chi connectivity index (χ2n) is 8.99. The Morgan fingerprint density at radius 2 is 1.50 bits per heavy atom. The number of hydrogen-bond donors (Lipinski definition) is 3. The Kier molecular flexibility index (Phi) is 9.78. The van der Waals surface area contributed by atoms with Crippen LogP contribution >= 0.6 is 23.4 Å². The molecular formula is C32H28ClN3O3S. The number of carbonyl (C=O) groups excluding carboxylic acids is 3. The van der Waals surface area contributed by atoms with E-state index in [1.54, 1.807) is 66.7 Å². The minimum absolute atomic E-state index is 0.0812. The maximum absolute atomic E-state index is 13.2. The van der Waals surface area contributed by atoms with Crippen LogP contribution in [0.3, 0.4) is 0 Å². The van der Waals surface area contributed by atoms with Crippen LogP contribution in [-0.2, 0) is 9.59 Å². The van der Waals surface area contributed by atoms with Gasteiger partial charge in [0, 0.05) is 26.9 Å². The maximum atomic E-state index is 13.2. The summed E-state index contributed by atoms with van der Waals surface area (Å²) in [4.78, 5) is 39.3. The summed E-state index contributed by atoms with van der Waals surface area (Å²) in [5.74, 6) is -0.727.